The molecule has 0 saturated carbocycles. The Bertz CT molecular complexity index is 929. The predicted octanol–water partition coefficient (Wildman–Crippen LogP) is 3.88. The molecule has 0 radical (unpaired) electrons. The molecule has 0 bridgehead atoms. The van der Waals surface area contributed by atoms with Crippen LogP contribution in [-0.4, -0.2) is 11.0 Å². The lowest BCUT2D eigenvalue weighted by molar-refractivity contribution is 0.799. The number of nitrogens with one attached hydrogen (secondary N) is 1. The molecule has 2 aliphatic rings. The van der Waals surface area contributed by atoms with Gasteiger partial charge in [0.15, 0.2) is 0 Å². The van der Waals surface area contributed by atoms with Gasteiger partial charge in [0.05, 0.1) is 22.9 Å². The summed E-state index contributed by atoms with van der Waals surface area (Å²) in [5, 5.41) is 4.67. The fourth-order valence-electron chi connectivity index (χ4n) is 3.29. The van der Waals surface area contributed by atoms with Gasteiger partial charge in [-0.2, -0.15) is 0 Å². The minimum Gasteiger partial charge on any atom is -0.397 e. The number of fused-ring (bicyclic) bond motifs is 2. The molecule has 1 unspecified atom stereocenters. The van der Waals surface area contributed by atoms with E-state index in [2.05, 4.69) is 55.6 Å². The largest absolute Gasteiger partial charge is 0.397 e. The highest BCUT2D eigenvalue weighted by molar-refractivity contribution is 5.91. The first kappa shape index (κ1) is 13.8. The summed E-state index contributed by atoms with van der Waals surface area (Å²) in [5.74, 6) is 0. The Morgan fingerprint density at radius 3 is 2.83 bits per heavy atom. The predicted molar refractivity (Wildman–Crippen MR) is 96.8 cm³/mol. The van der Waals surface area contributed by atoms with Crippen molar-refractivity contribution in [2.24, 2.45) is 0 Å². The zero-order valence-corrected chi connectivity index (χ0v) is 13.3. The van der Waals surface area contributed by atoms with Gasteiger partial charge in [-0.3, -0.25) is 0 Å². The van der Waals surface area contributed by atoms with Crippen LogP contribution in [0.2, 0.25) is 0 Å². The van der Waals surface area contributed by atoms with Gasteiger partial charge in [0.25, 0.3) is 0 Å². The van der Waals surface area contributed by atoms with E-state index in [0.29, 0.717) is 0 Å². The van der Waals surface area contributed by atoms with E-state index in [1.165, 1.54) is 11.1 Å². The first-order valence-corrected chi connectivity index (χ1v) is 7.84. The molecule has 3 N–H and O–H groups in total. The van der Waals surface area contributed by atoms with E-state index < -0.39 is 0 Å². The number of allylic oxidation sites excluding steroid dienone is 4. The second kappa shape index (κ2) is 5.13. The van der Waals surface area contributed by atoms with Gasteiger partial charge in [-0.15, -0.1) is 0 Å². The number of dihydropyridines is 1. The Hall–Kier alpha value is -2.81. The summed E-state index contributed by atoms with van der Waals surface area (Å²) in [6.45, 7) is 4.19. The van der Waals surface area contributed by atoms with Crippen LogP contribution in [-0.2, 0) is 0 Å². The zero-order chi connectivity index (χ0) is 16.0. The quantitative estimate of drug-likeness (QED) is 0.840. The van der Waals surface area contributed by atoms with Crippen LogP contribution in [0.5, 0.6) is 0 Å². The van der Waals surface area contributed by atoms with E-state index in [4.69, 9.17) is 10.7 Å². The number of anilines is 1. The number of nitrogens with zero attached hydrogens (tertiary/aromatic N) is 1. The van der Waals surface area contributed by atoms with Crippen molar-refractivity contribution in [1.82, 2.24) is 10.3 Å². The Labute approximate surface area is 135 Å². The van der Waals surface area contributed by atoms with Crippen molar-refractivity contribution in [3.63, 3.8) is 0 Å². The molecule has 1 aromatic heterocycles. The molecule has 4 rings (SSSR count). The SMILES string of the molecule is CC1=C2C=CC=CC2NC(c2nc3ccccc3c(C)c2N)=C1. The number of aryl methyl sites for hydroxylation is 1. The normalized spacial score (nSPS) is 19.6. The van der Waals surface area contributed by atoms with Crippen molar-refractivity contribution in [3.05, 3.63) is 77.0 Å². The van der Waals surface area contributed by atoms with Crippen molar-refractivity contribution in [1.29, 1.82) is 0 Å². The maximum atomic E-state index is 6.40. The van der Waals surface area contributed by atoms with Crippen LogP contribution < -0.4 is 11.1 Å². The molecule has 1 aliphatic heterocycles. The average molecular weight is 301 g/mol. The van der Waals surface area contributed by atoms with E-state index in [1.807, 2.05) is 18.2 Å². The van der Waals surface area contributed by atoms with Gasteiger partial charge in [-0.25, -0.2) is 4.98 Å². The molecular formula is C20H19N3. The number of benzene rings is 1. The van der Waals surface area contributed by atoms with Gasteiger partial charge in [-0.05, 0) is 42.7 Å². The maximum Gasteiger partial charge on any atom is 0.110 e. The Kier molecular flexibility index (Phi) is 3.08. The number of rotatable bonds is 1. The van der Waals surface area contributed by atoms with E-state index in [9.17, 15) is 0 Å². The second-order valence-corrected chi connectivity index (χ2v) is 6.08. The highest BCUT2D eigenvalue weighted by atomic mass is 15.0. The number of hydrogen-bond donors (Lipinski definition) is 2. The molecule has 1 aromatic carbocycles. The lowest BCUT2D eigenvalue weighted by Gasteiger charge is -2.28. The van der Waals surface area contributed by atoms with Crippen LogP contribution in [0.15, 0.2) is 65.8 Å². The van der Waals surface area contributed by atoms with E-state index in [-0.39, 0.29) is 6.04 Å². The Morgan fingerprint density at radius 2 is 1.96 bits per heavy atom. The Morgan fingerprint density at radius 1 is 1.13 bits per heavy atom. The first-order valence-electron chi connectivity index (χ1n) is 7.84. The highest BCUT2D eigenvalue weighted by Gasteiger charge is 2.22. The molecule has 0 fully saturated rings. The number of pyridine rings is 1. The molecule has 23 heavy (non-hydrogen) atoms. The number of aromatic nitrogens is 1. The molecule has 2 heterocycles. The molecule has 114 valence electrons. The lowest BCUT2D eigenvalue weighted by atomic mass is 9.92. The van der Waals surface area contributed by atoms with Gasteiger partial charge in [0.2, 0.25) is 0 Å². The third-order valence-corrected chi connectivity index (χ3v) is 4.61. The minimum absolute atomic E-state index is 0.188. The molecule has 1 aliphatic carbocycles. The Balaban J connectivity index is 1.90. The van der Waals surface area contributed by atoms with Gasteiger partial charge < -0.3 is 11.1 Å². The van der Waals surface area contributed by atoms with E-state index >= 15 is 0 Å². The standard InChI is InChI=1S/C20H19N3/c1-12-11-18(22-16-9-5-3-7-14(12)16)20-19(21)13(2)15-8-4-6-10-17(15)23-20/h3-11,16,22H,21H2,1-2H3. The van der Waals surface area contributed by atoms with Gasteiger partial charge >= 0.3 is 0 Å². The maximum absolute atomic E-state index is 6.40. The van der Waals surface area contributed by atoms with Crippen molar-refractivity contribution in [2.45, 2.75) is 19.9 Å². The average Bonchev–Trinajstić information content (AvgIpc) is 2.58. The molecule has 0 saturated heterocycles. The van der Waals surface area contributed by atoms with Gasteiger partial charge in [0.1, 0.15) is 5.69 Å². The molecule has 0 spiro atoms. The highest BCUT2D eigenvalue weighted by Crippen LogP contribution is 2.32. The zero-order valence-electron chi connectivity index (χ0n) is 13.3. The van der Waals surface area contributed by atoms with Crippen molar-refractivity contribution in [3.8, 4) is 0 Å². The van der Waals surface area contributed by atoms with Crippen LogP contribution in [0.1, 0.15) is 18.2 Å². The molecule has 0 amide bonds. The third-order valence-electron chi connectivity index (χ3n) is 4.61. The molecule has 2 aromatic rings. The number of nitrogens with two attached hydrogens (primary N) is 1. The monoisotopic (exact) mass is 301 g/mol. The van der Waals surface area contributed by atoms with Crippen molar-refractivity contribution < 1.29 is 0 Å². The first-order chi connectivity index (χ1) is 11.1. The van der Waals surface area contributed by atoms with Crippen LogP contribution in [0, 0.1) is 6.92 Å². The van der Waals surface area contributed by atoms with Crippen LogP contribution >= 0.6 is 0 Å². The van der Waals surface area contributed by atoms with E-state index in [1.54, 1.807) is 0 Å². The van der Waals surface area contributed by atoms with Crippen molar-refractivity contribution in [2.75, 3.05) is 5.73 Å². The van der Waals surface area contributed by atoms with Gasteiger partial charge in [0, 0.05) is 5.39 Å². The van der Waals surface area contributed by atoms with E-state index in [0.717, 1.165) is 33.5 Å². The second-order valence-electron chi connectivity index (χ2n) is 6.08. The fourth-order valence-corrected chi connectivity index (χ4v) is 3.29. The smallest absolute Gasteiger partial charge is 0.110 e. The number of hydrogen-bond acceptors (Lipinski definition) is 3. The molecular weight excluding hydrogens is 282 g/mol. The third kappa shape index (κ3) is 2.16. The van der Waals surface area contributed by atoms with Crippen LogP contribution in [0.25, 0.3) is 16.6 Å². The topological polar surface area (TPSA) is 50.9 Å². The summed E-state index contributed by atoms with van der Waals surface area (Å²) in [6, 6.07) is 8.32. The number of para-hydroxylation sites is 1. The summed E-state index contributed by atoms with van der Waals surface area (Å²) in [7, 11) is 0. The van der Waals surface area contributed by atoms with Crippen molar-refractivity contribution >= 4 is 22.3 Å². The molecule has 3 nitrogen and oxygen atoms in total. The van der Waals surface area contributed by atoms with Crippen LogP contribution in [0.4, 0.5) is 5.69 Å². The fraction of sp³-hybridized carbons (Fsp3) is 0.150. The molecule has 3 heteroatoms. The van der Waals surface area contributed by atoms with Gasteiger partial charge in [-0.1, -0.05) is 42.5 Å². The minimum atomic E-state index is 0.188. The summed E-state index contributed by atoms with van der Waals surface area (Å²) in [4.78, 5) is 4.81. The lowest BCUT2D eigenvalue weighted by Crippen LogP contribution is -2.32. The summed E-state index contributed by atoms with van der Waals surface area (Å²) in [5.41, 5.74) is 13.6. The molecule has 1 atom stereocenters. The summed E-state index contributed by atoms with van der Waals surface area (Å²) in [6.07, 6.45) is 10.6. The summed E-state index contributed by atoms with van der Waals surface area (Å²) >= 11 is 0. The van der Waals surface area contributed by atoms with Crippen LogP contribution in [0.3, 0.4) is 0 Å². The number of nitrogen functional groups attached to an aromatic ring is 1. The summed E-state index contributed by atoms with van der Waals surface area (Å²) < 4.78 is 0.